The predicted molar refractivity (Wildman–Crippen MR) is 85.1 cm³/mol. The highest BCUT2D eigenvalue weighted by atomic mass is 16.2. The molecule has 2 fully saturated rings. The molecule has 3 rings (SSSR count). The molecule has 2 N–H and O–H groups in total. The first-order valence-electron chi connectivity index (χ1n) is 8.03. The molecule has 1 aromatic carbocycles. The summed E-state index contributed by atoms with van der Waals surface area (Å²) in [5.41, 5.74) is 7.59. The number of hydrogen-bond acceptors (Lipinski definition) is 3. The maximum Gasteiger partial charge on any atom is 0.229 e. The third kappa shape index (κ3) is 3.05. The topological polar surface area (TPSA) is 49.6 Å². The quantitative estimate of drug-likeness (QED) is 0.847. The van der Waals surface area contributed by atoms with Gasteiger partial charge < -0.3 is 10.6 Å². The van der Waals surface area contributed by atoms with Crippen LogP contribution in [0.2, 0.25) is 0 Å². The van der Waals surface area contributed by atoms with Gasteiger partial charge in [-0.1, -0.05) is 12.1 Å². The van der Waals surface area contributed by atoms with E-state index in [0.717, 1.165) is 37.3 Å². The number of fused-ring (bicyclic) bond motifs is 1. The van der Waals surface area contributed by atoms with Gasteiger partial charge in [0.05, 0.1) is 5.92 Å². The van der Waals surface area contributed by atoms with E-state index in [9.17, 15) is 4.79 Å². The van der Waals surface area contributed by atoms with E-state index >= 15 is 0 Å². The molecule has 2 aliphatic rings. The second kappa shape index (κ2) is 6.06. The van der Waals surface area contributed by atoms with Gasteiger partial charge in [0.15, 0.2) is 0 Å². The molecule has 2 saturated heterocycles. The summed E-state index contributed by atoms with van der Waals surface area (Å²) in [4.78, 5) is 17.4. The molecule has 0 aromatic heterocycles. The molecule has 0 bridgehead atoms. The minimum atomic E-state index is -0.110. The van der Waals surface area contributed by atoms with Gasteiger partial charge >= 0.3 is 0 Å². The van der Waals surface area contributed by atoms with Crippen molar-refractivity contribution in [2.75, 3.05) is 31.9 Å². The number of benzene rings is 1. The van der Waals surface area contributed by atoms with Crippen LogP contribution in [0.5, 0.6) is 0 Å². The summed E-state index contributed by atoms with van der Waals surface area (Å²) < 4.78 is 0. The Morgan fingerprint density at radius 3 is 2.90 bits per heavy atom. The van der Waals surface area contributed by atoms with Crippen LogP contribution in [0, 0.1) is 0 Å². The zero-order valence-electron chi connectivity index (χ0n) is 12.8. The number of carbonyl (C=O) groups is 1. The normalized spacial score (nSPS) is 24.4. The van der Waals surface area contributed by atoms with Crippen molar-refractivity contribution in [3.05, 3.63) is 29.8 Å². The summed E-state index contributed by atoms with van der Waals surface area (Å²) in [5, 5.41) is 0. The highest BCUT2D eigenvalue weighted by molar-refractivity contribution is 5.83. The van der Waals surface area contributed by atoms with E-state index in [1.807, 2.05) is 31.2 Å². The molecule has 4 nitrogen and oxygen atoms in total. The second-order valence-corrected chi connectivity index (χ2v) is 6.36. The molecule has 1 amide bonds. The Bertz CT molecular complexity index is 517. The predicted octanol–water partition coefficient (Wildman–Crippen LogP) is 2.07. The van der Waals surface area contributed by atoms with Gasteiger partial charge in [0.2, 0.25) is 5.91 Å². The van der Waals surface area contributed by atoms with Gasteiger partial charge in [-0.25, -0.2) is 0 Å². The highest BCUT2D eigenvalue weighted by Crippen LogP contribution is 2.25. The zero-order valence-corrected chi connectivity index (χ0v) is 12.8. The van der Waals surface area contributed by atoms with E-state index in [0.29, 0.717) is 6.04 Å². The first kappa shape index (κ1) is 14.4. The van der Waals surface area contributed by atoms with Crippen LogP contribution in [0.25, 0.3) is 0 Å². The number of nitrogens with two attached hydrogens (primary N) is 1. The van der Waals surface area contributed by atoms with Crippen LogP contribution in [0.4, 0.5) is 5.69 Å². The van der Waals surface area contributed by atoms with Gasteiger partial charge in [-0.2, -0.15) is 0 Å². The Morgan fingerprint density at radius 1 is 1.29 bits per heavy atom. The molecular formula is C17H25N3O. The van der Waals surface area contributed by atoms with E-state index in [1.54, 1.807) is 0 Å². The fourth-order valence-corrected chi connectivity index (χ4v) is 3.65. The molecule has 2 aliphatic heterocycles. The molecule has 21 heavy (non-hydrogen) atoms. The maximum absolute atomic E-state index is 12.8. The fraction of sp³-hybridized carbons (Fsp3) is 0.588. The number of nitrogens with zero attached hydrogens (tertiary/aromatic N) is 2. The summed E-state index contributed by atoms with van der Waals surface area (Å²) in [6.45, 7) is 6.12. The highest BCUT2D eigenvalue weighted by Gasteiger charge is 2.32. The van der Waals surface area contributed by atoms with Gasteiger partial charge in [0.25, 0.3) is 0 Å². The smallest absolute Gasteiger partial charge is 0.229 e. The molecule has 0 aliphatic carbocycles. The summed E-state index contributed by atoms with van der Waals surface area (Å²) >= 11 is 0. The molecule has 1 aromatic rings. The number of rotatable bonds is 2. The van der Waals surface area contributed by atoms with Crippen molar-refractivity contribution in [1.29, 1.82) is 0 Å². The summed E-state index contributed by atoms with van der Waals surface area (Å²) in [5.74, 6) is 0.135. The minimum absolute atomic E-state index is 0.110. The van der Waals surface area contributed by atoms with E-state index in [2.05, 4.69) is 9.80 Å². The third-order valence-electron chi connectivity index (χ3n) is 4.90. The van der Waals surface area contributed by atoms with E-state index in [4.69, 9.17) is 5.73 Å². The van der Waals surface area contributed by atoms with Crippen molar-refractivity contribution >= 4 is 11.6 Å². The van der Waals surface area contributed by atoms with Crippen LogP contribution in [0.1, 0.15) is 37.7 Å². The monoisotopic (exact) mass is 287 g/mol. The average Bonchev–Trinajstić information content (AvgIpc) is 2.83. The lowest BCUT2D eigenvalue weighted by atomic mass is 9.99. The van der Waals surface area contributed by atoms with Gasteiger partial charge in [0, 0.05) is 31.4 Å². The van der Waals surface area contributed by atoms with Crippen LogP contribution in [-0.2, 0) is 4.79 Å². The molecule has 0 spiro atoms. The first-order valence-corrected chi connectivity index (χ1v) is 8.03. The van der Waals surface area contributed by atoms with Crippen LogP contribution >= 0.6 is 0 Å². The standard InChI is InChI=1S/C17H25N3O/c1-13(14-5-2-6-15(18)11-14)17(21)20-10-4-9-19-8-3-7-16(19)12-20/h2,5-6,11,13,16H,3-4,7-10,12,18H2,1H3. The second-order valence-electron chi connectivity index (χ2n) is 6.36. The number of anilines is 1. The zero-order chi connectivity index (χ0) is 14.8. The Balaban J connectivity index is 1.71. The van der Waals surface area contributed by atoms with E-state index < -0.39 is 0 Å². The van der Waals surface area contributed by atoms with Crippen LogP contribution in [0.3, 0.4) is 0 Å². The Labute approximate surface area is 126 Å². The van der Waals surface area contributed by atoms with Crippen LogP contribution < -0.4 is 5.73 Å². The van der Waals surface area contributed by atoms with Crippen LogP contribution in [-0.4, -0.2) is 47.9 Å². The Hall–Kier alpha value is -1.55. The molecular weight excluding hydrogens is 262 g/mol. The molecule has 0 radical (unpaired) electrons. The van der Waals surface area contributed by atoms with E-state index in [1.165, 1.54) is 19.4 Å². The van der Waals surface area contributed by atoms with Crippen LogP contribution in [0.15, 0.2) is 24.3 Å². The Morgan fingerprint density at radius 2 is 2.10 bits per heavy atom. The van der Waals surface area contributed by atoms with Crippen molar-refractivity contribution in [2.45, 2.75) is 38.1 Å². The average molecular weight is 287 g/mol. The lowest BCUT2D eigenvalue weighted by Gasteiger charge is -2.28. The summed E-state index contributed by atoms with van der Waals surface area (Å²) in [6, 6.07) is 8.28. The first-order chi connectivity index (χ1) is 10.1. The van der Waals surface area contributed by atoms with Gasteiger partial charge in [0.1, 0.15) is 0 Å². The van der Waals surface area contributed by atoms with Gasteiger partial charge in [-0.3, -0.25) is 9.69 Å². The molecule has 2 unspecified atom stereocenters. The van der Waals surface area contributed by atoms with Crippen molar-refractivity contribution in [3.63, 3.8) is 0 Å². The Kier molecular flexibility index (Phi) is 4.15. The third-order valence-corrected chi connectivity index (χ3v) is 4.90. The summed E-state index contributed by atoms with van der Waals surface area (Å²) in [6.07, 6.45) is 3.60. The van der Waals surface area contributed by atoms with Crippen molar-refractivity contribution in [2.24, 2.45) is 0 Å². The molecule has 114 valence electrons. The molecule has 0 saturated carbocycles. The van der Waals surface area contributed by atoms with Crippen molar-refractivity contribution in [1.82, 2.24) is 9.80 Å². The van der Waals surface area contributed by atoms with Gasteiger partial charge in [-0.05, 0) is 50.4 Å². The minimum Gasteiger partial charge on any atom is -0.399 e. The number of carbonyl (C=O) groups excluding carboxylic acids is 1. The largest absolute Gasteiger partial charge is 0.399 e. The van der Waals surface area contributed by atoms with Crippen molar-refractivity contribution < 1.29 is 4.79 Å². The lowest BCUT2D eigenvalue weighted by molar-refractivity contribution is -0.132. The van der Waals surface area contributed by atoms with Gasteiger partial charge in [-0.15, -0.1) is 0 Å². The van der Waals surface area contributed by atoms with E-state index in [-0.39, 0.29) is 11.8 Å². The van der Waals surface area contributed by atoms with Crippen molar-refractivity contribution in [3.8, 4) is 0 Å². The SMILES string of the molecule is CC(C(=O)N1CCCN2CCCC2C1)c1cccc(N)c1. The molecule has 2 heterocycles. The number of hydrogen-bond donors (Lipinski definition) is 1. The fourth-order valence-electron chi connectivity index (χ4n) is 3.65. The molecule has 4 heteroatoms. The summed E-state index contributed by atoms with van der Waals surface area (Å²) in [7, 11) is 0. The number of amides is 1. The lowest BCUT2D eigenvalue weighted by Crippen LogP contribution is -2.41. The molecule has 2 atom stereocenters. The number of nitrogen functional groups attached to an aromatic ring is 1. The maximum atomic E-state index is 12.8.